The molecule has 30 heavy (non-hydrogen) atoms. The highest BCUT2D eigenvalue weighted by molar-refractivity contribution is 7.89. The van der Waals surface area contributed by atoms with Crippen molar-refractivity contribution < 1.29 is 17.6 Å². The fourth-order valence-corrected chi connectivity index (χ4v) is 6.53. The van der Waals surface area contributed by atoms with Gasteiger partial charge in [-0.25, -0.2) is 17.8 Å². The van der Waals surface area contributed by atoms with E-state index >= 15 is 0 Å². The number of carbonyl (C=O) groups excluding carboxylic acids is 1. The number of sulfonamides is 1. The number of aryl methyl sites for hydroxylation is 1. The predicted octanol–water partition coefficient (Wildman–Crippen LogP) is 4.36. The quantitative estimate of drug-likeness (QED) is 0.607. The van der Waals surface area contributed by atoms with E-state index in [1.807, 2.05) is 24.4 Å². The number of halogens is 1. The molecule has 0 spiro atoms. The number of aromatic nitrogens is 1. The van der Waals surface area contributed by atoms with Gasteiger partial charge in [-0.1, -0.05) is 12.1 Å². The molecule has 0 bridgehead atoms. The Morgan fingerprint density at radius 2 is 1.93 bits per heavy atom. The summed E-state index contributed by atoms with van der Waals surface area (Å²) >= 11 is 3.01. The van der Waals surface area contributed by atoms with E-state index in [4.69, 9.17) is 0 Å². The van der Waals surface area contributed by atoms with Gasteiger partial charge >= 0.3 is 0 Å². The van der Waals surface area contributed by atoms with Crippen molar-refractivity contribution in [2.45, 2.75) is 24.7 Å². The van der Waals surface area contributed by atoms with Crippen LogP contribution < -0.4 is 5.32 Å². The summed E-state index contributed by atoms with van der Waals surface area (Å²) in [5.41, 5.74) is 0.833. The molecule has 10 heteroatoms. The summed E-state index contributed by atoms with van der Waals surface area (Å²) in [7, 11) is -3.91. The molecule has 1 aromatic carbocycles. The average Bonchev–Trinajstić information content (AvgIpc) is 3.37. The predicted molar refractivity (Wildman–Crippen MR) is 117 cm³/mol. The fourth-order valence-electron chi connectivity index (χ4n) is 3.38. The van der Waals surface area contributed by atoms with E-state index in [1.54, 1.807) is 11.3 Å². The number of hydrogen-bond donors (Lipinski definition) is 1. The Morgan fingerprint density at radius 1 is 1.20 bits per heavy atom. The zero-order chi connectivity index (χ0) is 21.3. The number of rotatable bonds is 5. The molecule has 1 saturated heterocycles. The lowest BCUT2D eigenvalue weighted by molar-refractivity contribution is -0.120. The monoisotopic (exact) mass is 465 g/mol. The number of piperidine rings is 1. The van der Waals surface area contributed by atoms with Crippen molar-refractivity contribution in [2.75, 3.05) is 18.4 Å². The summed E-state index contributed by atoms with van der Waals surface area (Å²) < 4.78 is 40.6. The van der Waals surface area contributed by atoms with E-state index in [2.05, 4.69) is 10.3 Å². The van der Waals surface area contributed by atoms with Gasteiger partial charge in [0.1, 0.15) is 10.7 Å². The molecule has 3 heterocycles. The Labute approximate surface area is 182 Å². The van der Waals surface area contributed by atoms with Crippen LogP contribution in [-0.4, -0.2) is 36.7 Å². The first-order chi connectivity index (χ1) is 14.3. The van der Waals surface area contributed by atoms with Gasteiger partial charge in [0.15, 0.2) is 5.13 Å². The maximum absolute atomic E-state index is 13.9. The molecule has 1 fully saturated rings. The minimum absolute atomic E-state index is 0.166. The molecule has 1 N–H and O–H groups in total. The molecule has 0 aliphatic carbocycles. The van der Waals surface area contributed by atoms with Crippen LogP contribution in [0.15, 0.2) is 46.7 Å². The molecule has 158 valence electrons. The van der Waals surface area contributed by atoms with E-state index in [1.165, 1.54) is 38.7 Å². The van der Waals surface area contributed by atoms with Gasteiger partial charge in [0.2, 0.25) is 15.9 Å². The number of thiophene rings is 1. The van der Waals surface area contributed by atoms with Gasteiger partial charge in [0, 0.05) is 29.3 Å². The minimum atomic E-state index is -3.91. The highest BCUT2D eigenvalue weighted by Gasteiger charge is 2.33. The normalized spacial score (nSPS) is 15.9. The molecule has 0 atom stereocenters. The van der Waals surface area contributed by atoms with Gasteiger partial charge in [-0.05, 0) is 44.0 Å². The summed E-state index contributed by atoms with van der Waals surface area (Å²) in [4.78, 5) is 19.0. The molecule has 1 aliphatic heterocycles. The Kier molecular flexibility index (Phi) is 6.01. The van der Waals surface area contributed by atoms with Crippen LogP contribution >= 0.6 is 22.7 Å². The molecule has 1 amide bonds. The van der Waals surface area contributed by atoms with Crippen LogP contribution in [0.5, 0.6) is 0 Å². The number of hydrogen-bond acceptors (Lipinski definition) is 6. The number of thiazole rings is 1. The van der Waals surface area contributed by atoms with E-state index in [-0.39, 0.29) is 29.8 Å². The molecule has 3 aromatic rings. The zero-order valence-electron chi connectivity index (χ0n) is 16.2. The Morgan fingerprint density at radius 3 is 2.60 bits per heavy atom. The maximum atomic E-state index is 13.9. The lowest BCUT2D eigenvalue weighted by Crippen LogP contribution is -2.41. The Bertz CT molecular complexity index is 1160. The van der Waals surface area contributed by atoms with Crippen LogP contribution in [0.1, 0.15) is 17.7 Å². The molecular formula is C20H20FN3O3S3. The second-order valence-electron chi connectivity index (χ2n) is 7.05. The third kappa shape index (κ3) is 4.31. The number of nitrogens with zero attached hydrogens (tertiary/aromatic N) is 2. The molecular weight excluding hydrogens is 445 g/mol. The van der Waals surface area contributed by atoms with Crippen LogP contribution in [0.25, 0.3) is 10.6 Å². The van der Waals surface area contributed by atoms with Gasteiger partial charge in [-0.2, -0.15) is 4.31 Å². The fraction of sp³-hybridized carbons (Fsp3) is 0.300. The third-order valence-corrected chi connectivity index (χ3v) is 8.72. The second kappa shape index (κ2) is 8.54. The lowest BCUT2D eigenvalue weighted by atomic mass is 9.97. The van der Waals surface area contributed by atoms with Crippen LogP contribution in [0.2, 0.25) is 0 Å². The van der Waals surface area contributed by atoms with Crippen molar-refractivity contribution in [3.05, 3.63) is 52.5 Å². The summed E-state index contributed by atoms with van der Waals surface area (Å²) in [5, 5.41) is 5.29. The molecule has 0 saturated carbocycles. The molecule has 4 rings (SSSR count). The highest BCUT2D eigenvalue weighted by atomic mass is 32.2. The number of benzene rings is 1. The number of nitrogens with one attached hydrogen (secondary N) is 1. The largest absolute Gasteiger partial charge is 0.302 e. The lowest BCUT2D eigenvalue weighted by Gasteiger charge is -2.30. The van der Waals surface area contributed by atoms with Crippen molar-refractivity contribution >= 4 is 43.7 Å². The van der Waals surface area contributed by atoms with Gasteiger partial charge in [0.25, 0.3) is 0 Å². The first-order valence-corrected chi connectivity index (χ1v) is 12.6. The van der Waals surface area contributed by atoms with E-state index in [0.29, 0.717) is 18.0 Å². The maximum Gasteiger partial charge on any atom is 0.245 e. The number of anilines is 1. The first-order valence-electron chi connectivity index (χ1n) is 9.42. The SMILES string of the molecule is Cc1ccc(-c2csc(NC(=O)C3CCN(S(=O)(=O)c4ccccc4F)CC3)n2)s1. The van der Waals surface area contributed by atoms with Gasteiger partial charge < -0.3 is 5.32 Å². The number of carbonyl (C=O) groups is 1. The van der Waals surface area contributed by atoms with Crippen molar-refractivity contribution in [1.82, 2.24) is 9.29 Å². The van der Waals surface area contributed by atoms with Crippen molar-refractivity contribution in [3.8, 4) is 10.6 Å². The third-order valence-electron chi connectivity index (χ3n) is 5.01. The zero-order valence-corrected chi connectivity index (χ0v) is 18.6. The molecule has 2 aromatic heterocycles. The van der Waals surface area contributed by atoms with Gasteiger partial charge in [0.05, 0.1) is 10.6 Å². The molecule has 0 radical (unpaired) electrons. The molecule has 1 aliphatic rings. The van der Waals surface area contributed by atoms with Crippen molar-refractivity contribution in [2.24, 2.45) is 5.92 Å². The standard InChI is InChI=1S/C20H20FN3O3S3/c1-13-6-7-17(29-13)16-12-28-20(22-16)23-19(25)14-8-10-24(11-9-14)30(26,27)18-5-3-2-4-15(18)21/h2-7,12,14H,8-11H2,1H3,(H,22,23,25). The van der Waals surface area contributed by atoms with Crippen LogP contribution in [0.3, 0.4) is 0 Å². The van der Waals surface area contributed by atoms with Gasteiger partial charge in [-0.15, -0.1) is 22.7 Å². The van der Waals surface area contributed by atoms with E-state index in [0.717, 1.165) is 16.6 Å². The van der Waals surface area contributed by atoms with Crippen LogP contribution in [0.4, 0.5) is 9.52 Å². The smallest absolute Gasteiger partial charge is 0.245 e. The van der Waals surface area contributed by atoms with Crippen LogP contribution in [0, 0.1) is 18.7 Å². The summed E-state index contributed by atoms with van der Waals surface area (Å²) in [6.07, 6.45) is 0.754. The topological polar surface area (TPSA) is 79.4 Å². The second-order valence-corrected chi connectivity index (χ2v) is 11.1. The Balaban J connectivity index is 1.37. The van der Waals surface area contributed by atoms with Crippen LogP contribution in [-0.2, 0) is 14.8 Å². The minimum Gasteiger partial charge on any atom is -0.302 e. The first kappa shape index (κ1) is 21.1. The molecule has 0 unspecified atom stereocenters. The van der Waals surface area contributed by atoms with Gasteiger partial charge in [-0.3, -0.25) is 4.79 Å². The average molecular weight is 466 g/mol. The number of amides is 1. The highest BCUT2D eigenvalue weighted by Crippen LogP contribution is 2.31. The summed E-state index contributed by atoms with van der Waals surface area (Å²) in [6, 6.07) is 9.38. The summed E-state index contributed by atoms with van der Waals surface area (Å²) in [6.45, 7) is 2.38. The Hall–Kier alpha value is -2.14. The van der Waals surface area contributed by atoms with Crippen molar-refractivity contribution in [1.29, 1.82) is 0 Å². The molecule has 6 nitrogen and oxygen atoms in total. The van der Waals surface area contributed by atoms with E-state index in [9.17, 15) is 17.6 Å². The summed E-state index contributed by atoms with van der Waals surface area (Å²) in [5.74, 6) is -1.24. The van der Waals surface area contributed by atoms with E-state index < -0.39 is 15.8 Å². The van der Waals surface area contributed by atoms with Crippen molar-refractivity contribution in [3.63, 3.8) is 0 Å².